The van der Waals surface area contributed by atoms with Crippen molar-refractivity contribution in [1.29, 1.82) is 0 Å². The van der Waals surface area contributed by atoms with Gasteiger partial charge in [-0.1, -0.05) is 0 Å². The number of carboxylic acid groups (broad SMARTS) is 1. The van der Waals surface area contributed by atoms with Crippen LogP contribution in [-0.2, 0) is 20.9 Å². The largest absolute Gasteiger partial charge is 0.480 e. The molecule has 1 aromatic rings. The first-order valence-electron chi connectivity index (χ1n) is 6.31. The summed E-state index contributed by atoms with van der Waals surface area (Å²) in [6.07, 6.45) is 1.52. The molecule has 0 spiro atoms. The Morgan fingerprint density at radius 2 is 2.14 bits per heavy atom. The van der Waals surface area contributed by atoms with E-state index in [2.05, 4.69) is 10.6 Å². The molecule has 1 heterocycles. The zero-order valence-corrected chi connectivity index (χ0v) is 12.6. The molecule has 0 saturated heterocycles. The molecule has 3 N–H and O–H groups in total. The molecule has 116 valence electrons. The van der Waals surface area contributed by atoms with Gasteiger partial charge >= 0.3 is 5.97 Å². The molecule has 1 aromatic heterocycles. The van der Waals surface area contributed by atoms with Crippen LogP contribution in [0.2, 0.25) is 0 Å². The molecule has 0 saturated carbocycles. The van der Waals surface area contributed by atoms with Gasteiger partial charge < -0.3 is 20.2 Å². The summed E-state index contributed by atoms with van der Waals surface area (Å²) >= 11 is 1.16. The fraction of sp³-hybridized carbons (Fsp3) is 0.462. The van der Waals surface area contributed by atoms with Crippen molar-refractivity contribution in [1.82, 2.24) is 10.6 Å². The fourth-order valence-electron chi connectivity index (χ4n) is 1.47. The monoisotopic (exact) mass is 314 g/mol. The molecule has 0 aliphatic rings. The van der Waals surface area contributed by atoms with E-state index in [1.807, 2.05) is 0 Å². The number of carbonyl (C=O) groups is 3. The predicted octanol–water partition coefficient (Wildman–Crippen LogP) is 0.607. The standard InChI is InChI=1S/C13H18N2O5S/c1-8(12(17)14-6-10-4-3-5-20-10)21-7-11(13(18)19)15-9(2)16/h3-5,8,11H,6-7H2,1-2H3,(H,14,17)(H,15,16)(H,18,19). The summed E-state index contributed by atoms with van der Waals surface area (Å²) in [5, 5.41) is 13.5. The average molecular weight is 314 g/mol. The van der Waals surface area contributed by atoms with E-state index in [0.29, 0.717) is 5.76 Å². The van der Waals surface area contributed by atoms with Crippen LogP contribution in [0.15, 0.2) is 22.8 Å². The first kappa shape index (κ1) is 17.1. The summed E-state index contributed by atoms with van der Waals surface area (Å²) in [7, 11) is 0. The van der Waals surface area contributed by atoms with Crippen molar-refractivity contribution in [2.24, 2.45) is 0 Å². The minimum atomic E-state index is -1.12. The average Bonchev–Trinajstić information content (AvgIpc) is 2.92. The lowest BCUT2D eigenvalue weighted by Crippen LogP contribution is -2.42. The molecule has 7 nitrogen and oxygen atoms in total. The minimum absolute atomic E-state index is 0.115. The Balaban J connectivity index is 2.36. The maximum absolute atomic E-state index is 11.8. The number of hydrogen-bond acceptors (Lipinski definition) is 5. The third kappa shape index (κ3) is 6.35. The normalized spacial score (nSPS) is 13.2. The molecule has 0 radical (unpaired) electrons. The Labute approximate surface area is 126 Å². The van der Waals surface area contributed by atoms with Gasteiger partial charge in [-0.3, -0.25) is 9.59 Å². The first-order valence-corrected chi connectivity index (χ1v) is 7.36. The van der Waals surface area contributed by atoms with Gasteiger partial charge in [-0.2, -0.15) is 0 Å². The summed E-state index contributed by atoms with van der Waals surface area (Å²) in [5.41, 5.74) is 0. The van der Waals surface area contributed by atoms with E-state index in [4.69, 9.17) is 9.52 Å². The molecule has 0 aliphatic carbocycles. The van der Waals surface area contributed by atoms with Crippen LogP contribution >= 0.6 is 11.8 Å². The lowest BCUT2D eigenvalue weighted by Gasteiger charge is -2.16. The minimum Gasteiger partial charge on any atom is -0.480 e. The fourth-order valence-corrected chi connectivity index (χ4v) is 2.41. The van der Waals surface area contributed by atoms with Crippen molar-refractivity contribution in [2.75, 3.05) is 5.75 Å². The zero-order chi connectivity index (χ0) is 15.8. The molecule has 2 unspecified atom stereocenters. The van der Waals surface area contributed by atoms with Crippen molar-refractivity contribution in [3.8, 4) is 0 Å². The van der Waals surface area contributed by atoms with Crippen LogP contribution in [0, 0.1) is 0 Å². The van der Waals surface area contributed by atoms with Crippen molar-refractivity contribution >= 4 is 29.5 Å². The molecule has 2 amide bonds. The number of rotatable bonds is 8. The highest BCUT2D eigenvalue weighted by Gasteiger charge is 2.22. The Hall–Kier alpha value is -1.96. The predicted molar refractivity (Wildman–Crippen MR) is 77.7 cm³/mol. The van der Waals surface area contributed by atoms with Gasteiger partial charge in [0.05, 0.1) is 18.1 Å². The molecule has 0 aliphatic heterocycles. The molecule has 8 heteroatoms. The Morgan fingerprint density at radius 1 is 1.43 bits per heavy atom. The van der Waals surface area contributed by atoms with E-state index in [0.717, 1.165) is 11.8 Å². The number of amides is 2. The van der Waals surface area contributed by atoms with E-state index in [9.17, 15) is 14.4 Å². The second-order valence-electron chi connectivity index (χ2n) is 4.36. The van der Waals surface area contributed by atoms with Crippen LogP contribution in [0.25, 0.3) is 0 Å². The third-order valence-electron chi connectivity index (χ3n) is 2.57. The second-order valence-corrected chi connectivity index (χ2v) is 5.74. The van der Waals surface area contributed by atoms with Crippen LogP contribution in [-0.4, -0.2) is 39.9 Å². The molecule has 0 bridgehead atoms. The van der Waals surface area contributed by atoms with Gasteiger partial charge in [-0.05, 0) is 19.1 Å². The number of carboxylic acids is 1. The quantitative estimate of drug-likeness (QED) is 0.648. The SMILES string of the molecule is CC(=O)NC(CSC(C)C(=O)NCc1ccco1)C(=O)O. The van der Waals surface area contributed by atoms with Crippen molar-refractivity contribution < 1.29 is 23.9 Å². The number of aliphatic carboxylic acids is 1. The van der Waals surface area contributed by atoms with Crippen LogP contribution in [0.1, 0.15) is 19.6 Å². The molecule has 2 atom stereocenters. The molecule has 21 heavy (non-hydrogen) atoms. The number of furan rings is 1. The third-order valence-corrected chi connectivity index (χ3v) is 3.81. The Morgan fingerprint density at radius 3 is 2.67 bits per heavy atom. The van der Waals surface area contributed by atoms with Gasteiger partial charge in [-0.15, -0.1) is 11.8 Å². The number of hydrogen-bond donors (Lipinski definition) is 3. The number of nitrogens with one attached hydrogen (secondary N) is 2. The summed E-state index contributed by atoms with van der Waals surface area (Å²) in [4.78, 5) is 33.7. The van der Waals surface area contributed by atoms with Crippen LogP contribution in [0.4, 0.5) is 0 Å². The maximum Gasteiger partial charge on any atom is 0.327 e. The van der Waals surface area contributed by atoms with Gasteiger partial charge in [0.15, 0.2) is 0 Å². The Kier molecular flexibility index (Phi) is 6.80. The number of thioether (sulfide) groups is 1. The molecule has 0 aromatic carbocycles. The van der Waals surface area contributed by atoms with Crippen LogP contribution in [0.3, 0.4) is 0 Å². The highest BCUT2D eigenvalue weighted by molar-refractivity contribution is 8.00. The summed E-state index contributed by atoms with van der Waals surface area (Å²) in [6.45, 7) is 3.21. The van der Waals surface area contributed by atoms with Gasteiger partial charge in [0.2, 0.25) is 11.8 Å². The topological polar surface area (TPSA) is 109 Å². The molecular weight excluding hydrogens is 296 g/mol. The van der Waals surface area contributed by atoms with Gasteiger partial charge in [0, 0.05) is 12.7 Å². The van der Waals surface area contributed by atoms with Gasteiger partial charge in [0.25, 0.3) is 0 Å². The zero-order valence-electron chi connectivity index (χ0n) is 11.8. The second kappa shape index (κ2) is 8.35. The lowest BCUT2D eigenvalue weighted by molar-refractivity contribution is -0.140. The van der Waals surface area contributed by atoms with Crippen LogP contribution < -0.4 is 10.6 Å². The molecule has 1 rings (SSSR count). The van der Waals surface area contributed by atoms with E-state index >= 15 is 0 Å². The van der Waals surface area contributed by atoms with E-state index < -0.39 is 23.2 Å². The molecular formula is C13H18N2O5S. The highest BCUT2D eigenvalue weighted by Crippen LogP contribution is 2.12. The first-order chi connectivity index (χ1) is 9.90. The number of carbonyl (C=O) groups excluding carboxylic acids is 2. The van der Waals surface area contributed by atoms with E-state index in [1.54, 1.807) is 19.1 Å². The van der Waals surface area contributed by atoms with Crippen molar-refractivity contribution in [2.45, 2.75) is 31.7 Å². The van der Waals surface area contributed by atoms with Crippen LogP contribution in [0.5, 0.6) is 0 Å². The van der Waals surface area contributed by atoms with Gasteiger partial charge in [-0.25, -0.2) is 4.79 Å². The molecule has 0 fully saturated rings. The summed E-state index contributed by atoms with van der Waals surface area (Å²) in [5.74, 6) is -1.01. The summed E-state index contributed by atoms with van der Waals surface area (Å²) < 4.78 is 5.09. The van der Waals surface area contributed by atoms with Crippen molar-refractivity contribution in [3.63, 3.8) is 0 Å². The van der Waals surface area contributed by atoms with Crippen molar-refractivity contribution in [3.05, 3.63) is 24.2 Å². The smallest absolute Gasteiger partial charge is 0.327 e. The van der Waals surface area contributed by atoms with E-state index in [-0.39, 0.29) is 18.2 Å². The van der Waals surface area contributed by atoms with E-state index in [1.165, 1.54) is 13.2 Å². The lowest BCUT2D eigenvalue weighted by atomic mass is 10.3. The summed E-state index contributed by atoms with van der Waals surface area (Å²) in [6, 6.07) is 2.47. The highest BCUT2D eigenvalue weighted by atomic mass is 32.2. The van der Waals surface area contributed by atoms with Gasteiger partial charge in [0.1, 0.15) is 11.8 Å². The maximum atomic E-state index is 11.8. The Bertz CT molecular complexity index is 489.